The first-order chi connectivity index (χ1) is 22.3. The van der Waals surface area contributed by atoms with Crippen LogP contribution in [-0.2, 0) is 28.5 Å². The molecule has 0 aromatic heterocycles. The molecule has 1 aromatic carbocycles. The molecule has 4 N–H and O–H groups in total. The summed E-state index contributed by atoms with van der Waals surface area (Å²) < 4.78 is 31.4. The highest BCUT2D eigenvalue weighted by molar-refractivity contribution is 5.95. The molecule has 4 aliphatic carbocycles. The van der Waals surface area contributed by atoms with E-state index in [1.54, 1.807) is 66.4 Å². The van der Waals surface area contributed by atoms with Gasteiger partial charge in [-0.2, -0.15) is 0 Å². The molecular formula is C36H54N2O9. The summed E-state index contributed by atoms with van der Waals surface area (Å²) in [5, 5.41) is 26.0. The van der Waals surface area contributed by atoms with E-state index in [1.807, 2.05) is 0 Å². The molecule has 4 saturated carbocycles. The largest absolute Gasteiger partial charge is 0.461 e. The predicted octanol–water partition coefficient (Wildman–Crippen LogP) is 2.91. The molecule has 0 radical (unpaired) electrons. The minimum Gasteiger partial charge on any atom is -0.461 e. The highest BCUT2D eigenvalue weighted by atomic mass is 16.6. The molecule has 5 aliphatic rings. The van der Waals surface area contributed by atoms with Crippen LogP contribution in [0.5, 0.6) is 0 Å². The SMILES string of the molecule is CCN1C[C@]2(COC(=O)c3ccccc3N)CC[C@H](OC)[C@@]3(C1)[C@@H]1C[C@H]4[C@@H](OC(=O)C(C)C)[C@@H]1[C@](O)(C[C@H]4OC)[C@](C)(O)[C@@H](OC)[C@H]23. The van der Waals surface area contributed by atoms with Crippen molar-refractivity contribution in [1.29, 1.82) is 0 Å². The third-order valence-corrected chi connectivity index (χ3v) is 13.2. The van der Waals surface area contributed by atoms with E-state index < -0.39 is 52.2 Å². The zero-order chi connectivity index (χ0) is 34.1. The molecule has 1 aromatic rings. The summed E-state index contributed by atoms with van der Waals surface area (Å²) in [4.78, 5) is 29.2. The number of carbonyl (C=O) groups excluding carboxylic acids is 2. The topological polar surface area (TPSA) is 150 Å². The Balaban J connectivity index is 1.54. The van der Waals surface area contributed by atoms with Gasteiger partial charge in [-0.15, -0.1) is 0 Å². The number of nitrogen functional groups attached to an aromatic ring is 1. The van der Waals surface area contributed by atoms with Crippen molar-refractivity contribution in [3.8, 4) is 0 Å². The molecule has 47 heavy (non-hydrogen) atoms. The molecule has 11 nitrogen and oxygen atoms in total. The van der Waals surface area contributed by atoms with Gasteiger partial charge in [-0.05, 0) is 50.8 Å². The molecule has 12 atom stereocenters. The zero-order valence-corrected chi connectivity index (χ0v) is 28.9. The quantitative estimate of drug-likeness (QED) is 0.266. The van der Waals surface area contributed by atoms with Crippen LogP contribution in [0.1, 0.15) is 63.7 Å². The van der Waals surface area contributed by atoms with E-state index >= 15 is 0 Å². The van der Waals surface area contributed by atoms with Gasteiger partial charge in [0.15, 0.2) is 0 Å². The van der Waals surface area contributed by atoms with Crippen LogP contribution in [0.25, 0.3) is 0 Å². The molecule has 6 rings (SSSR count). The predicted molar refractivity (Wildman–Crippen MR) is 173 cm³/mol. The van der Waals surface area contributed by atoms with Crippen molar-refractivity contribution in [2.24, 2.45) is 40.4 Å². The fraction of sp³-hybridized carbons (Fsp3) is 0.778. The lowest BCUT2D eigenvalue weighted by molar-refractivity contribution is -0.283. The average Bonchev–Trinajstić information content (AvgIpc) is 3.33. The summed E-state index contributed by atoms with van der Waals surface area (Å²) in [5.74, 6) is -2.58. The molecule has 0 amide bonds. The molecule has 262 valence electrons. The Labute approximate surface area is 278 Å². The number of aliphatic hydroxyl groups is 2. The maximum Gasteiger partial charge on any atom is 0.340 e. The van der Waals surface area contributed by atoms with Gasteiger partial charge in [-0.1, -0.05) is 32.9 Å². The maximum absolute atomic E-state index is 13.5. The van der Waals surface area contributed by atoms with Gasteiger partial charge < -0.3 is 44.5 Å². The molecule has 0 spiro atoms. The number of fused-ring (bicyclic) bond motifs is 1. The van der Waals surface area contributed by atoms with E-state index in [-0.39, 0.29) is 48.8 Å². The summed E-state index contributed by atoms with van der Waals surface area (Å²) >= 11 is 0. The lowest BCUT2D eigenvalue weighted by Gasteiger charge is -2.67. The number of esters is 2. The van der Waals surface area contributed by atoms with E-state index in [2.05, 4.69) is 11.8 Å². The second-order valence-electron chi connectivity index (χ2n) is 15.5. The number of piperidine rings is 1. The second kappa shape index (κ2) is 12.2. The molecule has 5 fully saturated rings. The highest BCUT2D eigenvalue weighted by Gasteiger charge is 2.80. The number of hydrogen-bond donors (Lipinski definition) is 3. The molecular weight excluding hydrogens is 604 g/mol. The van der Waals surface area contributed by atoms with Gasteiger partial charge in [-0.25, -0.2) is 4.79 Å². The molecule has 1 aliphatic heterocycles. The Morgan fingerprint density at radius 2 is 1.81 bits per heavy atom. The van der Waals surface area contributed by atoms with Crippen LogP contribution in [0.4, 0.5) is 5.69 Å². The Kier molecular flexibility index (Phi) is 9.01. The number of anilines is 1. The van der Waals surface area contributed by atoms with Crippen LogP contribution in [0.15, 0.2) is 24.3 Å². The second-order valence-corrected chi connectivity index (χ2v) is 15.5. The standard InChI is InChI=1S/C36H54N2O9/c1-8-38-17-34(19-46-32(40)21-11-9-10-12-24(21)37)14-13-26(44-6)35(18-38)23-15-22-25(43-5)16-36(42,33(4,41)30(45-7)29(34)35)27(23)28(22)47-31(39)20(2)3/h9-12,20,22-23,25-30,41-42H,8,13-19,37H2,1-7H3/t22-,23-,25-,26+,27-,28-,29-,30+,33-,34+,35-,36-/m1/s1. The number of carbonyl (C=O) groups is 2. The fourth-order valence-electron chi connectivity index (χ4n) is 11.2. The van der Waals surface area contributed by atoms with E-state index in [1.165, 1.54) is 0 Å². The maximum atomic E-state index is 13.5. The van der Waals surface area contributed by atoms with Gasteiger partial charge in [0.2, 0.25) is 0 Å². The van der Waals surface area contributed by atoms with Crippen molar-refractivity contribution >= 4 is 17.6 Å². The minimum absolute atomic E-state index is 0.0845. The van der Waals surface area contributed by atoms with Gasteiger partial charge in [0, 0.05) is 75.1 Å². The van der Waals surface area contributed by atoms with Gasteiger partial charge in [0.25, 0.3) is 0 Å². The summed E-state index contributed by atoms with van der Waals surface area (Å²) in [7, 11) is 4.94. The summed E-state index contributed by atoms with van der Waals surface area (Å²) in [5.41, 5.74) is 1.99. The van der Waals surface area contributed by atoms with Gasteiger partial charge >= 0.3 is 11.9 Å². The molecule has 0 unspecified atom stereocenters. The lowest BCUT2D eigenvalue weighted by Crippen LogP contribution is -2.74. The number of ether oxygens (including phenoxy) is 5. The van der Waals surface area contributed by atoms with E-state index in [0.717, 1.165) is 6.54 Å². The Hall–Kier alpha value is -2.28. The third-order valence-electron chi connectivity index (χ3n) is 13.2. The number of methoxy groups -OCH3 is 3. The number of hydrogen-bond acceptors (Lipinski definition) is 11. The molecule has 11 heteroatoms. The number of rotatable bonds is 9. The van der Waals surface area contributed by atoms with E-state index in [4.69, 9.17) is 29.4 Å². The monoisotopic (exact) mass is 658 g/mol. The van der Waals surface area contributed by atoms with Crippen LogP contribution < -0.4 is 5.73 Å². The lowest BCUT2D eigenvalue weighted by atomic mass is 9.45. The number of benzene rings is 1. The normalized spacial score (nSPS) is 44.0. The van der Waals surface area contributed by atoms with Crippen LogP contribution in [0.2, 0.25) is 0 Å². The van der Waals surface area contributed by atoms with Gasteiger partial charge in [0.05, 0.1) is 36.4 Å². The van der Waals surface area contributed by atoms with Crippen molar-refractivity contribution < 1.29 is 43.5 Å². The van der Waals surface area contributed by atoms with Crippen LogP contribution >= 0.6 is 0 Å². The number of nitrogens with zero attached hydrogens (tertiary/aromatic N) is 1. The Morgan fingerprint density at radius 1 is 1.09 bits per heavy atom. The summed E-state index contributed by atoms with van der Waals surface area (Å²) in [6, 6.07) is 6.88. The van der Waals surface area contributed by atoms with Gasteiger partial charge in [-0.3, -0.25) is 4.79 Å². The first-order valence-electron chi connectivity index (χ1n) is 17.2. The summed E-state index contributed by atoms with van der Waals surface area (Å²) in [6.07, 6.45) is -0.0768. The van der Waals surface area contributed by atoms with E-state index in [9.17, 15) is 19.8 Å². The van der Waals surface area contributed by atoms with E-state index in [0.29, 0.717) is 43.6 Å². The number of likely N-dealkylation sites (tertiary alicyclic amines) is 1. The zero-order valence-electron chi connectivity index (χ0n) is 28.9. The van der Waals surface area contributed by atoms with Crippen molar-refractivity contribution in [3.63, 3.8) is 0 Å². The average molecular weight is 659 g/mol. The molecule has 1 saturated heterocycles. The van der Waals surface area contributed by atoms with Gasteiger partial charge in [0.1, 0.15) is 17.3 Å². The Morgan fingerprint density at radius 3 is 2.43 bits per heavy atom. The minimum atomic E-state index is -1.80. The van der Waals surface area contributed by atoms with Crippen LogP contribution in [-0.4, -0.2) is 110 Å². The number of para-hydroxylation sites is 1. The smallest absolute Gasteiger partial charge is 0.340 e. The number of nitrogens with two attached hydrogens (primary N) is 1. The first-order valence-corrected chi connectivity index (χ1v) is 17.2. The highest BCUT2D eigenvalue weighted by Crippen LogP contribution is 2.72. The van der Waals surface area contributed by atoms with Crippen molar-refractivity contribution in [3.05, 3.63) is 29.8 Å². The first kappa shape index (κ1) is 34.6. The Bertz CT molecular complexity index is 1360. The molecule has 4 bridgehead atoms. The molecule has 1 heterocycles. The van der Waals surface area contributed by atoms with Crippen molar-refractivity contribution in [2.45, 2.75) is 89.0 Å². The van der Waals surface area contributed by atoms with Crippen LogP contribution in [0.3, 0.4) is 0 Å². The summed E-state index contributed by atoms with van der Waals surface area (Å²) in [6.45, 7) is 9.47. The van der Waals surface area contributed by atoms with Crippen molar-refractivity contribution in [1.82, 2.24) is 4.90 Å². The van der Waals surface area contributed by atoms with Crippen LogP contribution in [0, 0.1) is 40.4 Å². The fourth-order valence-corrected chi connectivity index (χ4v) is 11.2. The third kappa shape index (κ3) is 4.89. The van der Waals surface area contributed by atoms with Crippen molar-refractivity contribution in [2.75, 3.05) is 53.3 Å².